The molecule has 0 N–H and O–H groups in total. The van der Waals surface area contributed by atoms with Gasteiger partial charge >= 0.3 is 0 Å². The van der Waals surface area contributed by atoms with Crippen LogP contribution in [0.2, 0.25) is 5.02 Å². The highest BCUT2D eigenvalue weighted by Crippen LogP contribution is 2.23. The van der Waals surface area contributed by atoms with Crippen molar-refractivity contribution in [3.8, 4) is 0 Å². The summed E-state index contributed by atoms with van der Waals surface area (Å²) in [6.45, 7) is 1.96. The van der Waals surface area contributed by atoms with E-state index >= 15 is 0 Å². The molecule has 0 aliphatic rings. The zero-order valence-corrected chi connectivity index (χ0v) is 14.0. The van der Waals surface area contributed by atoms with E-state index in [0.29, 0.717) is 15.2 Å². The first kappa shape index (κ1) is 14.7. The summed E-state index contributed by atoms with van der Waals surface area (Å²) in [7, 11) is 0. The van der Waals surface area contributed by atoms with Gasteiger partial charge in [0.2, 0.25) is 0 Å². The third-order valence-electron chi connectivity index (χ3n) is 2.63. The first-order valence-electron chi connectivity index (χ1n) is 5.56. The number of carbonyl (C=O) groups is 1. The average Bonchev–Trinajstić information content (AvgIpc) is 2.32. The van der Waals surface area contributed by atoms with E-state index < -0.39 is 0 Å². The molecule has 0 aliphatic carbocycles. The van der Waals surface area contributed by atoms with Gasteiger partial charge in [0.05, 0.1) is 0 Å². The molecule has 1 heterocycles. The van der Waals surface area contributed by atoms with Crippen LogP contribution in [0.4, 0.5) is 0 Å². The summed E-state index contributed by atoms with van der Waals surface area (Å²) in [4.78, 5) is 16.4. The molecule has 2 nitrogen and oxygen atoms in total. The maximum absolute atomic E-state index is 12.2. The summed E-state index contributed by atoms with van der Waals surface area (Å²) in [5.41, 5.74) is 2.30. The van der Waals surface area contributed by atoms with Crippen LogP contribution in [0.15, 0.2) is 39.4 Å². The van der Waals surface area contributed by atoms with Crippen LogP contribution in [0, 0.1) is 6.92 Å². The van der Waals surface area contributed by atoms with Crippen LogP contribution in [0.5, 0.6) is 0 Å². The second-order valence-corrected chi connectivity index (χ2v) is 6.36. The number of ketones is 1. The molecule has 2 rings (SSSR count). The standard InChI is InChI=1S/C14H10Br2ClNO/c1-8-2-3-9(12(17)4-8)5-13(19)14-11(16)6-10(15)7-18-14/h2-4,6-7H,5H2,1H3. The predicted octanol–water partition coefficient (Wildman–Crippen LogP) is 4.99. The number of benzene rings is 1. The molecule has 19 heavy (non-hydrogen) atoms. The van der Waals surface area contributed by atoms with Crippen LogP contribution in [-0.2, 0) is 6.42 Å². The summed E-state index contributed by atoms with van der Waals surface area (Å²) in [5.74, 6) is -0.0647. The molecular weight excluding hydrogens is 393 g/mol. The SMILES string of the molecule is Cc1ccc(CC(=O)c2ncc(Br)cc2Br)c(Cl)c1. The molecule has 98 valence electrons. The van der Waals surface area contributed by atoms with Gasteiger partial charge in [0, 0.05) is 26.6 Å². The zero-order chi connectivity index (χ0) is 14.0. The molecule has 0 radical (unpaired) electrons. The topological polar surface area (TPSA) is 30.0 Å². The Bertz CT molecular complexity index is 643. The molecule has 0 fully saturated rings. The number of aryl methyl sites for hydroxylation is 1. The fourth-order valence-corrected chi connectivity index (χ4v) is 3.18. The second-order valence-electron chi connectivity index (χ2n) is 4.18. The number of halogens is 3. The molecule has 0 amide bonds. The molecule has 0 atom stereocenters. The van der Waals surface area contributed by atoms with E-state index in [1.54, 1.807) is 12.3 Å². The molecule has 0 saturated carbocycles. The Morgan fingerprint density at radius 3 is 2.68 bits per heavy atom. The number of hydrogen-bond donors (Lipinski definition) is 0. The Labute approximate surface area is 133 Å². The van der Waals surface area contributed by atoms with Crippen molar-refractivity contribution in [2.75, 3.05) is 0 Å². The number of Topliss-reactive ketones (excluding diaryl/α,β-unsaturated/α-hetero) is 1. The summed E-state index contributed by atoms with van der Waals surface area (Å²) < 4.78 is 1.50. The maximum atomic E-state index is 12.2. The van der Waals surface area contributed by atoms with E-state index in [4.69, 9.17) is 11.6 Å². The minimum Gasteiger partial charge on any atom is -0.292 e. The second kappa shape index (κ2) is 6.16. The molecule has 0 unspecified atom stereocenters. The van der Waals surface area contributed by atoms with E-state index in [-0.39, 0.29) is 12.2 Å². The van der Waals surface area contributed by atoms with E-state index in [1.165, 1.54) is 0 Å². The van der Waals surface area contributed by atoms with Gasteiger partial charge in [-0.1, -0.05) is 23.7 Å². The van der Waals surface area contributed by atoms with E-state index in [2.05, 4.69) is 36.8 Å². The normalized spacial score (nSPS) is 10.5. The lowest BCUT2D eigenvalue weighted by Crippen LogP contribution is -2.07. The Kier molecular flexibility index (Phi) is 4.76. The lowest BCUT2D eigenvalue weighted by molar-refractivity contribution is 0.0987. The van der Waals surface area contributed by atoms with Gasteiger partial charge in [-0.05, 0) is 62.0 Å². The molecule has 0 saturated heterocycles. The van der Waals surface area contributed by atoms with Gasteiger partial charge in [-0.3, -0.25) is 9.78 Å². The van der Waals surface area contributed by atoms with Gasteiger partial charge in [0.15, 0.2) is 5.78 Å². The van der Waals surface area contributed by atoms with Crippen molar-refractivity contribution >= 4 is 49.2 Å². The number of nitrogens with zero attached hydrogens (tertiary/aromatic N) is 1. The third kappa shape index (κ3) is 3.65. The van der Waals surface area contributed by atoms with Crippen LogP contribution in [-0.4, -0.2) is 10.8 Å². The quantitative estimate of drug-likeness (QED) is 0.676. The first-order chi connectivity index (χ1) is 8.97. The molecule has 0 spiro atoms. The van der Waals surface area contributed by atoms with Crippen LogP contribution < -0.4 is 0 Å². The zero-order valence-electron chi connectivity index (χ0n) is 10.1. The van der Waals surface area contributed by atoms with Crippen molar-refractivity contribution < 1.29 is 4.79 Å². The number of rotatable bonds is 3. The Balaban J connectivity index is 2.25. The summed E-state index contributed by atoms with van der Waals surface area (Å²) in [6, 6.07) is 7.48. The molecular formula is C14H10Br2ClNO. The van der Waals surface area contributed by atoms with Crippen molar-refractivity contribution in [2.24, 2.45) is 0 Å². The van der Waals surface area contributed by atoms with Gasteiger partial charge in [0.25, 0.3) is 0 Å². The molecule has 5 heteroatoms. The minimum absolute atomic E-state index is 0.0647. The average molecular weight is 404 g/mol. The maximum Gasteiger partial charge on any atom is 0.186 e. The van der Waals surface area contributed by atoms with Crippen LogP contribution in [0.25, 0.3) is 0 Å². The molecule has 2 aromatic rings. The number of carbonyl (C=O) groups excluding carboxylic acids is 1. The minimum atomic E-state index is -0.0647. The Morgan fingerprint density at radius 2 is 2.05 bits per heavy atom. The van der Waals surface area contributed by atoms with Crippen LogP contribution in [0.3, 0.4) is 0 Å². The van der Waals surface area contributed by atoms with Crippen molar-refractivity contribution in [1.29, 1.82) is 0 Å². The monoisotopic (exact) mass is 401 g/mol. The van der Waals surface area contributed by atoms with Gasteiger partial charge in [-0.15, -0.1) is 0 Å². The number of aromatic nitrogens is 1. The van der Waals surface area contributed by atoms with Crippen molar-refractivity contribution in [3.05, 3.63) is 61.3 Å². The Morgan fingerprint density at radius 1 is 1.32 bits per heavy atom. The van der Waals surface area contributed by atoms with E-state index in [1.807, 2.05) is 25.1 Å². The molecule has 1 aromatic heterocycles. The highest BCUT2D eigenvalue weighted by atomic mass is 79.9. The van der Waals surface area contributed by atoms with Crippen molar-refractivity contribution in [1.82, 2.24) is 4.98 Å². The lowest BCUT2D eigenvalue weighted by Gasteiger charge is -2.06. The third-order valence-corrected chi connectivity index (χ3v) is 4.02. The van der Waals surface area contributed by atoms with Crippen LogP contribution in [0.1, 0.15) is 21.6 Å². The van der Waals surface area contributed by atoms with Crippen LogP contribution >= 0.6 is 43.5 Å². The van der Waals surface area contributed by atoms with E-state index in [9.17, 15) is 4.79 Å². The first-order valence-corrected chi connectivity index (χ1v) is 7.53. The van der Waals surface area contributed by atoms with Gasteiger partial charge < -0.3 is 0 Å². The summed E-state index contributed by atoms with van der Waals surface area (Å²) in [5, 5.41) is 0.613. The lowest BCUT2D eigenvalue weighted by atomic mass is 10.1. The molecule has 1 aromatic carbocycles. The summed E-state index contributed by atoms with van der Waals surface area (Å²) in [6.07, 6.45) is 1.85. The molecule has 0 aliphatic heterocycles. The van der Waals surface area contributed by atoms with E-state index in [0.717, 1.165) is 15.6 Å². The highest BCUT2D eigenvalue weighted by molar-refractivity contribution is 9.11. The Hall–Kier alpha value is -0.710. The predicted molar refractivity (Wildman–Crippen MR) is 83.9 cm³/mol. The number of hydrogen-bond acceptors (Lipinski definition) is 2. The highest BCUT2D eigenvalue weighted by Gasteiger charge is 2.14. The number of pyridine rings is 1. The van der Waals surface area contributed by atoms with Gasteiger partial charge in [-0.25, -0.2) is 0 Å². The summed E-state index contributed by atoms with van der Waals surface area (Å²) >= 11 is 12.8. The van der Waals surface area contributed by atoms with Crippen molar-refractivity contribution in [2.45, 2.75) is 13.3 Å². The van der Waals surface area contributed by atoms with Gasteiger partial charge in [0.1, 0.15) is 5.69 Å². The largest absolute Gasteiger partial charge is 0.292 e. The van der Waals surface area contributed by atoms with Crippen molar-refractivity contribution in [3.63, 3.8) is 0 Å². The van der Waals surface area contributed by atoms with Gasteiger partial charge in [-0.2, -0.15) is 0 Å². The molecule has 0 bridgehead atoms. The smallest absolute Gasteiger partial charge is 0.186 e. The fourth-order valence-electron chi connectivity index (χ4n) is 1.67. The fraction of sp³-hybridized carbons (Fsp3) is 0.143.